The Hall–Kier alpha value is -1.88. The number of esters is 2. The third kappa shape index (κ3) is 5.56. The van der Waals surface area contributed by atoms with Crippen LogP contribution in [0.25, 0.3) is 0 Å². The van der Waals surface area contributed by atoms with Crippen molar-refractivity contribution in [3.8, 4) is 0 Å². The minimum atomic E-state index is -0.549. The van der Waals surface area contributed by atoms with E-state index < -0.39 is 23.3 Å². The molecule has 0 aliphatic carbocycles. The van der Waals surface area contributed by atoms with Crippen LogP contribution in [0.3, 0.4) is 0 Å². The first-order valence-corrected chi connectivity index (χ1v) is 8.72. The second kappa shape index (κ2) is 7.16. The Morgan fingerprint density at radius 2 is 1.36 bits per heavy atom. The molecule has 0 radical (unpaired) electrons. The van der Waals surface area contributed by atoms with Gasteiger partial charge in [-0.1, -0.05) is 30.3 Å². The number of nitrogens with zero attached hydrogens (tertiary/aromatic N) is 1. The number of hydrogen-bond acceptors (Lipinski definition) is 5. The van der Waals surface area contributed by atoms with E-state index in [1.807, 2.05) is 76.8 Å². The summed E-state index contributed by atoms with van der Waals surface area (Å²) in [5, 5.41) is 0. The number of ether oxygens (including phenoxy) is 2. The molecule has 5 nitrogen and oxygen atoms in total. The molecule has 1 aromatic carbocycles. The molecule has 2 atom stereocenters. The zero-order valence-corrected chi connectivity index (χ0v) is 16.0. The molecule has 0 aromatic heterocycles. The van der Waals surface area contributed by atoms with Gasteiger partial charge in [-0.3, -0.25) is 14.5 Å². The number of likely N-dealkylation sites (tertiary alicyclic amines) is 1. The molecule has 0 N–H and O–H groups in total. The Morgan fingerprint density at radius 3 is 1.76 bits per heavy atom. The zero-order chi connectivity index (χ0) is 18.8. The van der Waals surface area contributed by atoms with Gasteiger partial charge in [-0.2, -0.15) is 0 Å². The average Bonchev–Trinajstić information content (AvgIpc) is 2.40. The Kier molecular flexibility index (Phi) is 5.57. The van der Waals surface area contributed by atoms with Crippen LogP contribution in [0.4, 0.5) is 0 Å². The van der Waals surface area contributed by atoms with E-state index in [1.165, 1.54) is 0 Å². The summed E-state index contributed by atoms with van der Waals surface area (Å²) in [5.74, 6) is -0.577. The standard InChI is InChI=1S/C20H29NO4/c1-19(2,3)24-17(22)15-12-16(18(23)25-20(4,5)6)21(15)13-14-10-8-7-9-11-14/h7-11,15-16H,12-13H2,1-6H3. The minimum Gasteiger partial charge on any atom is -0.459 e. The summed E-state index contributed by atoms with van der Waals surface area (Å²) in [5.41, 5.74) is -0.0525. The summed E-state index contributed by atoms with van der Waals surface area (Å²) in [6.45, 7) is 11.6. The summed E-state index contributed by atoms with van der Waals surface area (Å²) < 4.78 is 11.0. The lowest BCUT2D eigenvalue weighted by molar-refractivity contribution is -0.183. The predicted octanol–water partition coefficient (Wildman–Crippen LogP) is 3.31. The van der Waals surface area contributed by atoms with E-state index >= 15 is 0 Å². The van der Waals surface area contributed by atoms with Crippen LogP contribution in [0.5, 0.6) is 0 Å². The summed E-state index contributed by atoms with van der Waals surface area (Å²) in [6, 6.07) is 8.96. The van der Waals surface area contributed by atoms with Crippen molar-refractivity contribution in [2.24, 2.45) is 0 Å². The fourth-order valence-corrected chi connectivity index (χ4v) is 2.78. The van der Waals surface area contributed by atoms with Gasteiger partial charge in [0.15, 0.2) is 0 Å². The van der Waals surface area contributed by atoms with Gasteiger partial charge in [0.2, 0.25) is 0 Å². The molecular formula is C20H29NO4. The van der Waals surface area contributed by atoms with Crippen molar-refractivity contribution in [2.45, 2.75) is 77.8 Å². The molecule has 1 aromatic rings. The van der Waals surface area contributed by atoms with Gasteiger partial charge in [-0.25, -0.2) is 0 Å². The first kappa shape index (κ1) is 19.4. The Balaban J connectivity index is 2.13. The van der Waals surface area contributed by atoms with Crippen LogP contribution in [-0.4, -0.2) is 40.1 Å². The molecule has 0 spiro atoms. The Bertz CT molecular complexity index is 579. The second-order valence-electron chi connectivity index (χ2n) is 8.49. The molecule has 2 unspecified atom stereocenters. The molecule has 0 amide bonds. The molecule has 1 aliphatic rings. The molecule has 1 heterocycles. The molecule has 5 heteroatoms. The molecule has 1 fully saturated rings. The topological polar surface area (TPSA) is 55.8 Å². The molecule has 1 saturated heterocycles. The lowest BCUT2D eigenvalue weighted by Gasteiger charge is -2.46. The summed E-state index contributed by atoms with van der Waals surface area (Å²) in [4.78, 5) is 26.8. The van der Waals surface area contributed by atoms with E-state index in [1.54, 1.807) is 0 Å². The van der Waals surface area contributed by atoms with Crippen LogP contribution < -0.4 is 0 Å². The molecular weight excluding hydrogens is 318 g/mol. The van der Waals surface area contributed by atoms with Crippen molar-refractivity contribution in [1.82, 2.24) is 4.90 Å². The zero-order valence-electron chi connectivity index (χ0n) is 16.0. The average molecular weight is 347 g/mol. The van der Waals surface area contributed by atoms with Gasteiger partial charge in [0.1, 0.15) is 23.3 Å². The van der Waals surface area contributed by atoms with Crippen LogP contribution in [-0.2, 0) is 25.6 Å². The van der Waals surface area contributed by atoms with E-state index in [2.05, 4.69) is 0 Å². The van der Waals surface area contributed by atoms with Gasteiger partial charge in [0.05, 0.1) is 0 Å². The van der Waals surface area contributed by atoms with Crippen molar-refractivity contribution < 1.29 is 19.1 Å². The lowest BCUT2D eigenvalue weighted by Crippen LogP contribution is -2.63. The third-order valence-corrected chi connectivity index (χ3v) is 3.81. The predicted molar refractivity (Wildman–Crippen MR) is 95.9 cm³/mol. The summed E-state index contributed by atoms with van der Waals surface area (Å²) in [6.07, 6.45) is 0.427. The van der Waals surface area contributed by atoms with E-state index in [0.29, 0.717) is 13.0 Å². The normalized spacial score (nSPS) is 21.4. The molecule has 0 bridgehead atoms. The number of carbonyl (C=O) groups is 2. The van der Waals surface area contributed by atoms with Crippen molar-refractivity contribution in [2.75, 3.05) is 0 Å². The molecule has 138 valence electrons. The largest absolute Gasteiger partial charge is 0.459 e. The van der Waals surface area contributed by atoms with E-state index in [4.69, 9.17) is 9.47 Å². The fourth-order valence-electron chi connectivity index (χ4n) is 2.78. The van der Waals surface area contributed by atoms with Crippen molar-refractivity contribution in [3.63, 3.8) is 0 Å². The van der Waals surface area contributed by atoms with E-state index in [9.17, 15) is 9.59 Å². The highest BCUT2D eigenvalue weighted by atomic mass is 16.6. The maximum atomic E-state index is 12.5. The van der Waals surface area contributed by atoms with Crippen LogP contribution in [0, 0.1) is 0 Å². The summed E-state index contributed by atoms with van der Waals surface area (Å²) in [7, 11) is 0. The maximum absolute atomic E-state index is 12.5. The van der Waals surface area contributed by atoms with Crippen molar-refractivity contribution in [3.05, 3.63) is 35.9 Å². The number of hydrogen-bond donors (Lipinski definition) is 0. The van der Waals surface area contributed by atoms with Crippen molar-refractivity contribution >= 4 is 11.9 Å². The molecule has 2 rings (SSSR count). The van der Waals surface area contributed by atoms with Crippen molar-refractivity contribution in [1.29, 1.82) is 0 Å². The van der Waals surface area contributed by atoms with Gasteiger partial charge < -0.3 is 9.47 Å². The first-order valence-electron chi connectivity index (χ1n) is 8.72. The Labute approximate surface area is 150 Å². The number of benzene rings is 1. The number of carbonyl (C=O) groups excluding carboxylic acids is 2. The third-order valence-electron chi connectivity index (χ3n) is 3.81. The van der Waals surface area contributed by atoms with Crippen LogP contribution in [0.2, 0.25) is 0 Å². The summed E-state index contributed by atoms with van der Waals surface area (Å²) >= 11 is 0. The SMILES string of the molecule is CC(C)(C)OC(=O)C1CC(C(=O)OC(C)(C)C)N1Cc1ccccc1. The quantitative estimate of drug-likeness (QED) is 0.782. The number of rotatable bonds is 4. The van der Waals surface area contributed by atoms with E-state index in [-0.39, 0.29) is 11.9 Å². The van der Waals surface area contributed by atoms with Gasteiger partial charge >= 0.3 is 11.9 Å². The maximum Gasteiger partial charge on any atom is 0.323 e. The van der Waals surface area contributed by atoms with Crippen LogP contribution in [0.15, 0.2) is 30.3 Å². The monoisotopic (exact) mass is 347 g/mol. The highest BCUT2D eigenvalue weighted by Gasteiger charge is 2.49. The molecule has 0 saturated carbocycles. The van der Waals surface area contributed by atoms with Crippen LogP contribution >= 0.6 is 0 Å². The highest BCUT2D eigenvalue weighted by Crippen LogP contribution is 2.32. The van der Waals surface area contributed by atoms with Gasteiger partial charge in [0, 0.05) is 6.54 Å². The highest BCUT2D eigenvalue weighted by molar-refractivity contribution is 5.84. The van der Waals surface area contributed by atoms with Gasteiger partial charge in [0.25, 0.3) is 0 Å². The van der Waals surface area contributed by atoms with Crippen LogP contribution in [0.1, 0.15) is 53.5 Å². The smallest absolute Gasteiger partial charge is 0.323 e. The first-order chi connectivity index (χ1) is 11.5. The lowest BCUT2D eigenvalue weighted by atomic mass is 9.91. The second-order valence-corrected chi connectivity index (χ2v) is 8.49. The fraction of sp³-hybridized carbons (Fsp3) is 0.600. The van der Waals surface area contributed by atoms with E-state index in [0.717, 1.165) is 5.56 Å². The van der Waals surface area contributed by atoms with Gasteiger partial charge in [-0.15, -0.1) is 0 Å². The molecule has 25 heavy (non-hydrogen) atoms. The Morgan fingerprint density at radius 1 is 0.920 bits per heavy atom. The minimum absolute atomic E-state index is 0.289. The molecule has 1 aliphatic heterocycles. The van der Waals surface area contributed by atoms with Gasteiger partial charge in [-0.05, 0) is 53.5 Å².